The lowest BCUT2D eigenvalue weighted by Gasteiger charge is -2.16. The SMILES string of the molecule is Cc1cc(C)c(-c2cccc(NC(C)C)c2[N+](=O)[O-])c(C)c1. The standard InChI is InChI=1S/C18H22N2O2/c1-11(2)19-16-8-6-7-15(18(16)20(21)22)17-13(4)9-12(3)10-14(17)5/h6-11,19H,1-5H3. The van der Waals surface area contributed by atoms with Crippen molar-refractivity contribution in [3.05, 3.63) is 57.1 Å². The highest BCUT2D eigenvalue weighted by molar-refractivity contribution is 5.85. The van der Waals surface area contributed by atoms with E-state index in [4.69, 9.17) is 0 Å². The van der Waals surface area contributed by atoms with E-state index in [2.05, 4.69) is 17.4 Å². The van der Waals surface area contributed by atoms with Gasteiger partial charge in [-0.05, 0) is 63.4 Å². The van der Waals surface area contributed by atoms with Crippen LogP contribution in [0.1, 0.15) is 30.5 Å². The number of hydrogen-bond acceptors (Lipinski definition) is 3. The number of rotatable bonds is 4. The molecule has 1 N–H and O–H groups in total. The Bertz CT molecular complexity index is 698. The lowest BCUT2D eigenvalue weighted by atomic mass is 9.92. The highest BCUT2D eigenvalue weighted by Gasteiger charge is 2.23. The van der Waals surface area contributed by atoms with Gasteiger partial charge < -0.3 is 5.32 Å². The number of para-hydroxylation sites is 1. The Labute approximate surface area is 131 Å². The third-order valence-corrected chi connectivity index (χ3v) is 3.61. The smallest absolute Gasteiger partial charge is 0.300 e. The number of anilines is 1. The van der Waals surface area contributed by atoms with Gasteiger partial charge in [0.05, 0.1) is 10.5 Å². The molecule has 0 aromatic heterocycles. The number of nitrogens with one attached hydrogen (secondary N) is 1. The van der Waals surface area contributed by atoms with Gasteiger partial charge in [-0.15, -0.1) is 0 Å². The van der Waals surface area contributed by atoms with Gasteiger partial charge >= 0.3 is 0 Å². The largest absolute Gasteiger partial charge is 0.377 e. The molecule has 2 aromatic rings. The van der Waals surface area contributed by atoms with Crippen LogP contribution in [-0.2, 0) is 0 Å². The summed E-state index contributed by atoms with van der Waals surface area (Å²) in [6, 6.07) is 9.72. The van der Waals surface area contributed by atoms with Gasteiger partial charge in [0.1, 0.15) is 5.69 Å². The van der Waals surface area contributed by atoms with Crippen LogP contribution in [0.15, 0.2) is 30.3 Å². The molecule has 0 saturated carbocycles. The minimum Gasteiger partial charge on any atom is -0.377 e. The Kier molecular flexibility index (Phi) is 4.50. The van der Waals surface area contributed by atoms with E-state index in [1.165, 1.54) is 0 Å². The van der Waals surface area contributed by atoms with Gasteiger partial charge in [-0.2, -0.15) is 0 Å². The molecule has 116 valence electrons. The van der Waals surface area contributed by atoms with Crippen molar-refractivity contribution in [2.24, 2.45) is 0 Å². The Balaban J connectivity index is 2.73. The van der Waals surface area contributed by atoms with Crippen molar-refractivity contribution in [3.8, 4) is 11.1 Å². The summed E-state index contributed by atoms with van der Waals surface area (Å²) in [6.07, 6.45) is 0. The highest BCUT2D eigenvalue weighted by Crippen LogP contribution is 2.39. The predicted molar refractivity (Wildman–Crippen MR) is 91.5 cm³/mol. The summed E-state index contributed by atoms with van der Waals surface area (Å²) >= 11 is 0. The zero-order chi connectivity index (χ0) is 16.4. The van der Waals surface area contributed by atoms with E-state index in [0.717, 1.165) is 22.3 Å². The normalized spacial score (nSPS) is 10.8. The van der Waals surface area contributed by atoms with Crippen molar-refractivity contribution in [2.45, 2.75) is 40.7 Å². The molecular weight excluding hydrogens is 276 g/mol. The van der Waals surface area contributed by atoms with Crippen LogP contribution in [0.5, 0.6) is 0 Å². The van der Waals surface area contributed by atoms with Crippen molar-refractivity contribution in [3.63, 3.8) is 0 Å². The van der Waals surface area contributed by atoms with Gasteiger partial charge in [-0.25, -0.2) is 0 Å². The van der Waals surface area contributed by atoms with E-state index in [9.17, 15) is 10.1 Å². The minimum atomic E-state index is -0.293. The van der Waals surface area contributed by atoms with Crippen LogP contribution in [0.4, 0.5) is 11.4 Å². The number of aryl methyl sites for hydroxylation is 3. The van der Waals surface area contributed by atoms with Crippen LogP contribution >= 0.6 is 0 Å². The van der Waals surface area contributed by atoms with E-state index in [1.54, 1.807) is 6.07 Å². The molecule has 0 fully saturated rings. The number of hydrogen-bond donors (Lipinski definition) is 1. The van der Waals surface area contributed by atoms with E-state index in [1.807, 2.05) is 46.8 Å². The Hall–Kier alpha value is -2.36. The molecule has 22 heavy (non-hydrogen) atoms. The molecule has 0 bridgehead atoms. The molecule has 4 heteroatoms. The van der Waals surface area contributed by atoms with Crippen molar-refractivity contribution >= 4 is 11.4 Å². The molecule has 2 rings (SSSR count). The fourth-order valence-corrected chi connectivity index (χ4v) is 2.97. The Morgan fingerprint density at radius 3 is 2.18 bits per heavy atom. The van der Waals surface area contributed by atoms with Gasteiger partial charge in [0.15, 0.2) is 0 Å². The second-order valence-corrected chi connectivity index (χ2v) is 6.03. The molecule has 0 heterocycles. The van der Waals surface area contributed by atoms with Crippen molar-refractivity contribution in [2.75, 3.05) is 5.32 Å². The van der Waals surface area contributed by atoms with Crippen LogP contribution in [0.2, 0.25) is 0 Å². The van der Waals surface area contributed by atoms with Crippen molar-refractivity contribution < 1.29 is 4.92 Å². The predicted octanol–water partition coefficient (Wildman–Crippen LogP) is 5.01. The second kappa shape index (κ2) is 6.18. The Morgan fingerprint density at radius 1 is 1.09 bits per heavy atom. The lowest BCUT2D eigenvalue weighted by molar-refractivity contribution is -0.383. The molecule has 0 radical (unpaired) electrons. The fourth-order valence-electron chi connectivity index (χ4n) is 2.97. The van der Waals surface area contributed by atoms with Crippen LogP contribution in [0.25, 0.3) is 11.1 Å². The minimum absolute atomic E-state index is 0.133. The van der Waals surface area contributed by atoms with Gasteiger partial charge in [-0.3, -0.25) is 10.1 Å². The van der Waals surface area contributed by atoms with Crippen molar-refractivity contribution in [1.82, 2.24) is 0 Å². The average molecular weight is 298 g/mol. The summed E-state index contributed by atoms with van der Waals surface area (Å²) in [5, 5.41) is 14.8. The second-order valence-electron chi connectivity index (χ2n) is 6.03. The summed E-state index contributed by atoms with van der Waals surface area (Å²) in [5.41, 5.74) is 5.61. The van der Waals surface area contributed by atoms with Gasteiger partial charge in [0.2, 0.25) is 0 Å². The van der Waals surface area contributed by atoms with Crippen molar-refractivity contribution in [1.29, 1.82) is 0 Å². The first-order valence-corrected chi connectivity index (χ1v) is 7.43. The first kappa shape index (κ1) is 16.0. The van der Waals surface area contributed by atoms with Crippen LogP contribution in [-0.4, -0.2) is 11.0 Å². The van der Waals surface area contributed by atoms with E-state index >= 15 is 0 Å². The van der Waals surface area contributed by atoms with E-state index in [0.29, 0.717) is 11.3 Å². The summed E-state index contributed by atoms with van der Waals surface area (Å²) in [4.78, 5) is 11.4. The first-order chi connectivity index (χ1) is 10.3. The molecular formula is C18H22N2O2. The molecule has 0 spiro atoms. The molecule has 0 aliphatic heterocycles. The maximum atomic E-state index is 11.7. The van der Waals surface area contributed by atoms with Crippen LogP contribution in [0, 0.1) is 30.9 Å². The van der Waals surface area contributed by atoms with E-state index in [-0.39, 0.29) is 16.7 Å². The maximum absolute atomic E-state index is 11.7. The average Bonchev–Trinajstić information content (AvgIpc) is 2.36. The van der Waals surface area contributed by atoms with Crippen LogP contribution in [0.3, 0.4) is 0 Å². The van der Waals surface area contributed by atoms with Gasteiger partial charge in [0, 0.05) is 6.04 Å². The maximum Gasteiger partial charge on any atom is 0.300 e. The van der Waals surface area contributed by atoms with Gasteiger partial charge in [0.25, 0.3) is 5.69 Å². The molecule has 2 aromatic carbocycles. The molecule has 0 amide bonds. The zero-order valence-electron chi connectivity index (χ0n) is 13.7. The summed E-state index contributed by atoms with van der Waals surface area (Å²) < 4.78 is 0. The molecule has 0 aliphatic carbocycles. The molecule has 0 atom stereocenters. The third kappa shape index (κ3) is 3.11. The zero-order valence-corrected chi connectivity index (χ0v) is 13.7. The summed E-state index contributed by atoms with van der Waals surface area (Å²) in [5.74, 6) is 0. The molecule has 0 aliphatic rings. The quantitative estimate of drug-likeness (QED) is 0.638. The summed E-state index contributed by atoms with van der Waals surface area (Å²) in [7, 11) is 0. The monoisotopic (exact) mass is 298 g/mol. The molecule has 0 unspecified atom stereocenters. The fraction of sp³-hybridized carbons (Fsp3) is 0.333. The van der Waals surface area contributed by atoms with E-state index < -0.39 is 0 Å². The number of nitro groups is 1. The Morgan fingerprint density at radius 2 is 1.68 bits per heavy atom. The molecule has 0 saturated heterocycles. The van der Waals surface area contributed by atoms with Crippen LogP contribution < -0.4 is 5.32 Å². The van der Waals surface area contributed by atoms with Gasteiger partial charge in [-0.1, -0.05) is 23.8 Å². The summed E-state index contributed by atoms with van der Waals surface area (Å²) in [6.45, 7) is 9.98. The number of nitro benzene ring substituents is 1. The number of nitrogens with zero attached hydrogens (tertiary/aromatic N) is 1. The topological polar surface area (TPSA) is 55.2 Å². The lowest BCUT2D eigenvalue weighted by Crippen LogP contribution is -2.11. The number of benzene rings is 2. The molecule has 4 nitrogen and oxygen atoms in total. The third-order valence-electron chi connectivity index (χ3n) is 3.61. The first-order valence-electron chi connectivity index (χ1n) is 7.43. The highest BCUT2D eigenvalue weighted by atomic mass is 16.6.